The summed E-state index contributed by atoms with van der Waals surface area (Å²) in [6.45, 7) is 13.9. The van der Waals surface area contributed by atoms with Crippen molar-refractivity contribution in [3.8, 4) is 0 Å². The van der Waals surface area contributed by atoms with Crippen LogP contribution in [0.3, 0.4) is 0 Å². The summed E-state index contributed by atoms with van der Waals surface area (Å²) < 4.78 is 45.6. The number of aliphatic carboxylic acids is 1. The van der Waals surface area contributed by atoms with Gasteiger partial charge in [0.15, 0.2) is 0 Å². The Balaban J connectivity index is 1.55. The number of allylic oxidation sites excluding steroid dienone is 2. The van der Waals surface area contributed by atoms with Crippen molar-refractivity contribution in [2.45, 2.75) is 124 Å². The lowest BCUT2D eigenvalue weighted by Gasteiger charge is -2.69. The minimum atomic E-state index is -4.46. The number of fused-ring (bicyclic) bond motifs is 5. The van der Waals surface area contributed by atoms with Gasteiger partial charge >= 0.3 is 18.1 Å². The van der Waals surface area contributed by atoms with Gasteiger partial charge in [-0.15, -0.1) is 0 Å². The Labute approximate surface area is 276 Å². The molecule has 4 aliphatic rings. The Morgan fingerprint density at radius 1 is 0.936 bits per heavy atom. The first-order chi connectivity index (χ1) is 21.8. The fourth-order valence-electron chi connectivity index (χ4n) is 11.1. The number of halogens is 3. The van der Waals surface area contributed by atoms with Gasteiger partial charge in [0, 0.05) is 12.5 Å². The molecule has 0 heterocycles. The average Bonchev–Trinajstić information content (AvgIpc) is 3.23. The number of carboxylic acid groups (broad SMARTS) is 1. The molecule has 1 unspecified atom stereocenters. The van der Waals surface area contributed by atoms with Crippen LogP contribution in [0.5, 0.6) is 0 Å². The van der Waals surface area contributed by atoms with Crippen LogP contribution in [0.1, 0.15) is 111 Å². The van der Waals surface area contributed by atoms with Gasteiger partial charge in [0.2, 0.25) is 0 Å². The number of hydrogen-bond donors (Lipinski definition) is 3. The van der Waals surface area contributed by atoms with Gasteiger partial charge in [-0.1, -0.05) is 45.4 Å². The van der Waals surface area contributed by atoms with Crippen LogP contribution >= 0.6 is 0 Å². The molecule has 3 N–H and O–H groups in total. The van der Waals surface area contributed by atoms with E-state index in [-0.39, 0.29) is 59.0 Å². The molecule has 1 aromatic rings. The first-order valence-electron chi connectivity index (χ1n) is 17.1. The van der Waals surface area contributed by atoms with Crippen LogP contribution in [-0.4, -0.2) is 45.6 Å². The van der Waals surface area contributed by atoms with Gasteiger partial charge < -0.3 is 20.1 Å². The molecule has 0 aromatic heterocycles. The van der Waals surface area contributed by atoms with E-state index in [0.29, 0.717) is 30.4 Å². The zero-order valence-corrected chi connectivity index (χ0v) is 28.7. The van der Waals surface area contributed by atoms with E-state index in [1.54, 1.807) is 0 Å². The molecular weight excluding hydrogens is 609 g/mol. The Morgan fingerprint density at radius 3 is 2.13 bits per heavy atom. The maximum Gasteiger partial charge on any atom is 0.416 e. The summed E-state index contributed by atoms with van der Waals surface area (Å²) in [5.74, 6) is -1.62. The van der Waals surface area contributed by atoms with Crippen molar-refractivity contribution in [3.63, 3.8) is 0 Å². The van der Waals surface area contributed by atoms with Crippen molar-refractivity contribution in [1.29, 1.82) is 0 Å². The number of carboxylic acids is 1. The van der Waals surface area contributed by atoms with Crippen molar-refractivity contribution in [2.75, 3.05) is 0 Å². The van der Waals surface area contributed by atoms with Crippen LogP contribution in [0.25, 0.3) is 5.57 Å². The summed E-state index contributed by atoms with van der Waals surface area (Å²) in [5.41, 5.74) is 1.16. The number of esters is 1. The predicted molar refractivity (Wildman–Crippen MR) is 173 cm³/mol. The molecule has 5 rings (SSSR count). The molecule has 47 heavy (non-hydrogen) atoms. The highest BCUT2D eigenvalue weighted by molar-refractivity contribution is 5.89. The molecule has 0 aliphatic heterocycles. The summed E-state index contributed by atoms with van der Waals surface area (Å²) in [6.07, 6.45) is -1.87. The maximum absolute atomic E-state index is 13.2. The van der Waals surface area contributed by atoms with E-state index >= 15 is 0 Å². The zero-order chi connectivity index (χ0) is 34.9. The molecule has 4 saturated carbocycles. The first-order valence-corrected chi connectivity index (χ1v) is 17.1. The van der Waals surface area contributed by atoms with Crippen LogP contribution in [-0.2, 0) is 20.5 Å². The lowest BCUT2D eigenvalue weighted by molar-refractivity contribution is -0.234. The predicted octanol–water partition coefficient (Wildman–Crippen LogP) is 8.21. The van der Waals surface area contributed by atoms with E-state index in [1.165, 1.54) is 19.1 Å². The smallest absolute Gasteiger partial charge is 0.416 e. The fourth-order valence-corrected chi connectivity index (χ4v) is 11.1. The second-order valence-electron chi connectivity index (χ2n) is 15.9. The summed E-state index contributed by atoms with van der Waals surface area (Å²) in [4.78, 5) is 25.6. The lowest BCUT2D eigenvalue weighted by Crippen LogP contribution is -2.65. The van der Waals surface area contributed by atoms with E-state index in [4.69, 9.17) is 4.74 Å². The van der Waals surface area contributed by atoms with E-state index in [0.717, 1.165) is 42.5 Å². The highest BCUT2D eigenvalue weighted by Crippen LogP contribution is 2.74. The summed E-state index contributed by atoms with van der Waals surface area (Å²) in [6, 6.07) is 4.93. The normalized spacial score (nSPS) is 39.3. The molecule has 0 spiro atoms. The third-order valence-corrected chi connectivity index (χ3v) is 13.4. The summed E-state index contributed by atoms with van der Waals surface area (Å²) >= 11 is 0. The van der Waals surface area contributed by atoms with Gasteiger partial charge in [0.1, 0.15) is 6.10 Å². The van der Waals surface area contributed by atoms with Crippen LogP contribution in [0.15, 0.2) is 41.0 Å². The van der Waals surface area contributed by atoms with Crippen molar-refractivity contribution in [3.05, 3.63) is 52.1 Å². The highest BCUT2D eigenvalue weighted by Gasteiger charge is 2.70. The Hall–Kier alpha value is -2.65. The van der Waals surface area contributed by atoms with Gasteiger partial charge in [-0.3, -0.25) is 4.79 Å². The molecule has 4 fully saturated rings. The number of aliphatic hydroxyl groups excluding tert-OH is 2. The van der Waals surface area contributed by atoms with Crippen molar-refractivity contribution in [1.82, 2.24) is 0 Å². The third kappa shape index (κ3) is 5.87. The monoisotopic (exact) mass is 660 g/mol. The zero-order valence-electron chi connectivity index (χ0n) is 28.7. The Kier molecular flexibility index (Phi) is 9.37. The number of ether oxygens (including phenoxy) is 1. The third-order valence-electron chi connectivity index (χ3n) is 13.4. The molecule has 260 valence electrons. The fraction of sp³-hybridized carbons (Fsp3) is 0.684. The average molecular weight is 661 g/mol. The number of carbonyl (C=O) groups is 2. The SMILES string of the molecule is CC(=O)O[C@H]1C[C@@]2(C)[C@H](C[C@@H](O)[C@@H]3[C@@]4(C)CC[C@@H](O)[C@@H](C)C4CC[C@@]32C)C1=C(CCC(=C(C)C)c1ccc(C(F)(F)F)cc1)C(=O)O. The van der Waals surface area contributed by atoms with Crippen LogP contribution in [0, 0.1) is 39.9 Å². The Bertz CT molecular complexity index is 1460. The molecule has 10 atom stereocenters. The minimum Gasteiger partial charge on any atom is -0.478 e. The maximum atomic E-state index is 13.2. The van der Waals surface area contributed by atoms with Crippen LogP contribution < -0.4 is 0 Å². The van der Waals surface area contributed by atoms with Gasteiger partial charge in [-0.25, -0.2) is 4.79 Å². The molecule has 9 heteroatoms. The first kappa shape index (κ1) is 35.7. The molecule has 0 bridgehead atoms. The summed E-state index contributed by atoms with van der Waals surface area (Å²) in [7, 11) is 0. The lowest BCUT2D eigenvalue weighted by atomic mass is 9.36. The number of rotatable bonds is 6. The van der Waals surface area contributed by atoms with Crippen molar-refractivity contribution < 1.29 is 42.8 Å². The van der Waals surface area contributed by atoms with Gasteiger partial charge in [-0.05, 0) is 134 Å². The minimum absolute atomic E-state index is 0.0625. The highest BCUT2D eigenvalue weighted by atomic mass is 19.4. The standard InChI is InChI=1S/C38H51F3O6/c1-20(2)25(23-8-10-24(11-9-23)38(39,40)41)12-13-26(34(45)46)32-28-18-30(44)33-35(5)16-15-29(43)21(3)27(35)14-17-36(33,6)37(28,7)19-31(32)47-22(4)42/h8-11,21,27-31,33,43-44H,12-19H2,1-7H3,(H,45,46)/t21-,27?,28+,29+,30+,31-,33+,35-,36-,37-/m0/s1. The van der Waals surface area contributed by atoms with E-state index in [9.17, 15) is 38.1 Å². The number of aliphatic hydroxyl groups is 2. The molecule has 0 radical (unpaired) electrons. The molecule has 0 saturated heterocycles. The van der Waals surface area contributed by atoms with Gasteiger partial charge in [0.25, 0.3) is 0 Å². The molecule has 0 amide bonds. The van der Waals surface area contributed by atoms with E-state index in [1.807, 2.05) is 13.8 Å². The second kappa shape index (κ2) is 12.3. The number of hydrogen-bond acceptors (Lipinski definition) is 5. The van der Waals surface area contributed by atoms with E-state index < -0.39 is 41.3 Å². The van der Waals surface area contributed by atoms with Gasteiger partial charge in [0.05, 0.1) is 17.8 Å². The number of carbonyl (C=O) groups excluding carboxylic acids is 1. The quantitative estimate of drug-likeness (QED) is 0.210. The number of benzene rings is 1. The van der Waals surface area contributed by atoms with Crippen LogP contribution in [0.4, 0.5) is 13.2 Å². The van der Waals surface area contributed by atoms with Crippen molar-refractivity contribution >= 4 is 17.5 Å². The van der Waals surface area contributed by atoms with Crippen molar-refractivity contribution in [2.24, 2.45) is 39.9 Å². The molecule has 4 aliphatic carbocycles. The van der Waals surface area contributed by atoms with Crippen LogP contribution in [0.2, 0.25) is 0 Å². The number of alkyl halides is 3. The molecular formula is C38H51F3O6. The summed E-state index contributed by atoms with van der Waals surface area (Å²) in [5, 5.41) is 33.5. The van der Waals surface area contributed by atoms with Gasteiger partial charge in [-0.2, -0.15) is 13.2 Å². The second-order valence-corrected chi connectivity index (χ2v) is 15.9. The molecule has 6 nitrogen and oxygen atoms in total. The largest absolute Gasteiger partial charge is 0.478 e. The van der Waals surface area contributed by atoms with E-state index in [2.05, 4.69) is 27.7 Å². The topological polar surface area (TPSA) is 104 Å². The molecule has 1 aromatic carbocycles. The Morgan fingerprint density at radius 2 is 1.57 bits per heavy atom.